The molecule has 1 aromatic carbocycles. The molecule has 0 spiro atoms. The molecule has 0 bridgehead atoms. The maximum atomic E-state index is 5.39. The minimum atomic E-state index is 0. The fourth-order valence-electron chi connectivity index (χ4n) is 2.59. The Morgan fingerprint density at radius 3 is 2.89 bits per heavy atom. The first-order chi connectivity index (χ1) is 8.33. The first kappa shape index (κ1) is 15.3. The maximum Gasteiger partial charge on any atom is 0.123 e. The monoisotopic (exact) mass is 270 g/mol. The summed E-state index contributed by atoms with van der Waals surface area (Å²) < 4.78 is 5.39. The fourth-order valence-corrected chi connectivity index (χ4v) is 2.59. The van der Waals surface area contributed by atoms with Gasteiger partial charge in [0.2, 0.25) is 0 Å². The lowest BCUT2D eigenvalue weighted by atomic mass is 10.1. The average Bonchev–Trinajstić information content (AvgIpc) is 2.78. The van der Waals surface area contributed by atoms with Gasteiger partial charge >= 0.3 is 0 Å². The minimum absolute atomic E-state index is 0. The van der Waals surface area contributed by atoms with Crippen LogP contribution in [0, 0.1) is 5.92 Å². The Hall–Kier alpha value is -0.770. The van der Waals surface area contributed by atoms with Crippen LogP contribution in [0.3, 0.4) is 0 Å². The molecule has 0 amide bonds. The summed E-state index contributed by atoms with van der Waals surface area (Å²) >= 11 is 0. The summed E-state index contributed by atoms with van der Waals surface area (Å²) in [6.45, 7) is 4.52. The van der Waals surface area contributed by atoms with Crippen LogP contribution in [0.2, 0.25) is 0 Å². The summed E-state index contributed by atoms with van der Waals surface area (Å²) in [5, 5.41) is 3.27. The molecule has 1 aliphatic heterocycles. The molecule has 1 saturated heterocycles. The smallest absolute Gasteiger partial charge is 0.123 e. The maximum absolute atomic E-state index is 5.39. The van der Waals surface area contributed by atoms with Gasteiger partial charge in [0.05, 0.1) is 7.11 Å². The number of methoxy groups -OCH3 is 1. The zero-order valence-electron chi connectivity index (χ0n) is 11.2. The van der Waals surface area contributed by atoms with E-state index in [4.69, 9.17) is 4.74 Å². The fraction of sp³-hybridized carbons (Fsp3) is 0.571. The standard InChI is InChI=1S/C14H22N2O.ClH/c1-15-9-12-7-8-16(10-12)11-13-5-3-4-6-14(13)17-2;/h3-6,12,15H,7-11H2,1-2H3;1H. The summed E-state index contributed by atoms with van der Waals surface area (Å²) in [5.74, 6) is 1.80. The molecule has 4 heteroatoms. The van der Waals surface area contributed by atoms with Gasteiger partial charge in [-0.15, -0.1) is 12.4 Å². The zero-order valence-corrected chi connectivity index (χ0v) is 12.0. The molecule has 0 aromatic heterocycles. The topological polar surface area (TPSA) is 24.5 Å². The van der Waals surface area contributed by atoms with Gasteiger partial charge in [-0.25, -0.2) is 0 Å². The van der Waals surface area contributed by atoms with Gasteiger partial charge in [-0.2, -0.15) is 0 Å². The number of rotatable bonds is 5. The van der Waals surface area contributed by atoms with Crippen molar-refractivity contribution in [2.75, 3.05) is 33.8 Å². The molecule has 2 rings (SSSR count). The Morgan fingerprint density at radius 1 is 1.39 bits per heavy atom. The molecular formula is C14H23ClN2O. The Morgan fingerprint density at radius 2 is 2.17 bits per heavy atom. The number of halogens is 1. The highest BCUT2D eigenvalue weighted by Crippen LogP contribution is 2.23. The van der Waals surface area contributed by atoms with E-state index < -0.39 is 0 Å². The molecule has 1 atom stereocenters. The Kier molecular flexibility index (Phi) is 6.47. The quantitative estimate of drug-likeness (QED) is 0.887. The van der Waals surface area contributed by atoms with E-state index in [0.717, 1.165) is 24.8 Å². The molecule has 18 heavy (non-hydrogen) atoms. The zero-order chi connectivity index (χ0) is 12.1. The number of hydrogen-bond acceptors (Lipinski definition) is 3. The van der Waals surface area contributed by atoms with E-state index in [2.05, 4.69) is 22.3 Å². The van der Waals surface area contributed by atoms with E-state index in [9.17, 15) is 0 Å². The van der Waals surface area contributed by atoms with E-state index in [1.807, 2.05) is 19.2 Å². The highest BCUT2D eigenvalue weighted by molar-refractivity contribution is 5.85. The van der Waals surface area contributed by atoms with Crippen molar-refractivity contribution in [2.45, 2.75) is 13.0 Å². The Balaban J connectivity index is 0.00000162. The molecule has 1 unspecified atom stereocenters. The first-order valence-electron chi connectivity index (χ1n) is 6.32. The number of likely N-dealkylation sites (tertiary alicyclic amines) is 1. The van der Waals surface area contributed by atoms with Crippen LogP contribution >= 0.6 is 12.4 Å². The van der Waals surface area contributed by atoms with Gasteiger partial charge in [0, 0.05) is 18.7 Å². The molecule has 0 radical (unpaired) electrons. The summed E-state index contributed by atoms with van der Waals surface area (Å²) in [4.78, 5) is 2.51. The second kappa shape index (κ2) is 7.62. The van der Waals surface area contributed by atoms with E-state index in [0.29, 0.717) is 0 Å². The van der Waals surface area contributed by atoms with Gasteiger partial charge in [-0.3, -0.25) is 4.90 Å². The van der Waals surface area contributed by atoms with Gasteiger partial charge in [0.25, 0.3) is 0 Å². The molecule has 1 aliphatic rings. The number of hydrogen-bond donors (Lipinski definition) is 1. The van der Waals surface area contributed by atoms with Crippen LogP contribution in [-0.4, -0.2) is 38.7 Å². The van der Waals surface area contributed by atoms with Crippen LogP contribution in [-0.2, 0) is 6.54 Å². The van der Waals surface area contributed by atoms with Crippen molar-refractivity contribution < 1.29 is 4.74 Å². The lowest BCUT2D eigenvalue weighted by molar-refractivity contribution is 0.307. The number of ether oxygens (including phenoxy) is 1. The Labute approximate surface area is 116 Å². The molecule has 102 valence electrons. The predicted molar refractivity (Wildman–Crippen MR) is 77.6 cm³/mol. The summed E-state index contributed by atoms with van der Waals surface area (Å²) in [7, 11) is 3.77. The molecule has 1 fully saturated rings. The van der Waals surface area contributed by atoms with Crippen LogP contribution in [0.15, 0.2) is 24.3 Å². The molecule has 1 heterocycles. The summed E-state index contributed by atoms with van der Waals surface area (Å²) in [6.07, 6.45) is 1.30. The van der Waals surface area contributed by atoms with E-state index in [1.165, 1.54) is 25.1 Å². The van der Waals surface area contributed by atoms with Gasteiger partial charge in [-0.05, 0) is 38.5 Å². The second-order valence-electron chi connectivity index (χ2n) is 4.76. The normalized spacial score (nSPS) is 19.6. The number of nitrogens with zero attached hydrogens (tertiary/aromatic N) is 1. The van der Waals surface area contributed by atoms with Crippen molar-refractivity contribution in [3.63, 3.8) is 0 Å². The molecule has 1 aromatic rings. The van der Waals surface area contributed by atoms with Crippen LogP contribution in [0.25, 0.3) is 0 Å². The van der Waals surface area contributed by atoms with Crippen LogP contribution in [0.1, 0.15) is 12.0 Å². The van der Waals surface area contributed by atoms with Crippen LogP contribution in [0.4, 0.5) is 0 Å². The van der Waals surface area contributed by atoms with Crippen molar-refractivity contribution in [1.29, 1.82) is 0 Å². The van der Waals surface area contributed by atoms with Crippen LogP contribution < -0.4 is 10.1 Å². The summed E-state index contributed by atoms with van der Waals surface area (Å²) in [6, 6.07) is 8.30. The Bertz CT molecular complexity index is 359. The van der Waals surface area contributed by atoms with Gasteiger partial charge < -0.3 is 10.1 Å². The molecule has 0 aliphatic carbocycles. The average molecular weight is 271 g/mol. The van der Waals surface area contributed by atoms with Crippen molar-refractivity contribution >= 4 is 12.4 Å². The summed E-state index contributed by atoms with van der Waals surface area (Å²) in [5.41, 5.74) is 1.29. The van der Waals surface area contributed by atoms with Crippen molar-refractivity contribution in [1.82, 2.24) is 10.2 Å². The lowest BCUT2D eigenvalue weighted by Gasteiger charge is -2.17. The highest BCUT2D eigenvalue weighted by Gasteiger charge is 2.22. The van der Waals surface area contributed by atoms with Crippen LogP contribution in [0.5, 0.6) is 5.75 Å². The van der Waals surface area contributed by atoms with Crippen molar-refractivity contribution in [3.8, 4) is 5.75 Å². The van der Waals surface area contributed by atoms with E-state index >= 15 is 0 Å². The lowest BCUT2D eigenvalue weighted by Crippen LogP contribution is -2.24. The number of nitrogens with one attached hydrogen (secondary N) is 1. The van der Waals surface area contributed by atoms with E-state index in [-0.39, 0.29) is 12.4 Å². The highest BCUT2D eigenvalue weighted by atomic mass is 35.5. The largest absolute Gasteiger partial charge is 0.496 e. The molecule has 3 nitrogen and oxygen atoms in total. The van der Waals surface area contributed by atoms with Crippen molar-refractivity contribution in [3.05, 3.63) is 29.8 Å². The number of para-hydroxylation sites is 1. The second-order valence-corrected chi connectivity index (χ2v) is 4.76. The minimum Gasteiger partial charge on any atom is -0.496 e. The molecular weight excluding hydrogens is 248 g/mol. The van der Waals surface area contributed by atoms with Crippen molar-refractivity contribution in [2.24, 2.45) is 5.92 Å². The van der Waals surface area contributed by atoms with Gasteiger partial charge in [0.15, 0.2) is 0 Å². The molecule has 1 N–H and O–H groups in total. The predicted octanol–water partition coefficient (Wildman–Crippen LogP) is 2.16. The third-order valence-electron chi connectivity index (χ3n) is 3.45. The van der Waals surface area contributed by atoms with Gasteiger partial charge in [0.1, 0.15) is 5.75 Å². The first-order valence-corrected chi connectivity index (χ1v) is 6.32. The third-order valence-corrected chi connectivity index (χ3v) is 3.45. The van der Waals surface area contributed by atoms with Gasteiger partial charge in [-0.1, -0.05) is 18.2 Å². The number of benzene rings is 1. The SMILES string of the molecule is CNCC1CCN(Cc2ccccc2OC)C1.Cl. The molecule has 0 saturated carbocycles. The van der Waals surface area contributed by atoms with E-state index in [1.54, 1.807) is 7.11 Å². The third kappa shape index (κ3) is 3.87.